The number of carbonyl (C=O) groups is 2. The summed E-state index contributed by atoms with van der Waals surface area (Å²) < 4.78 is 18.5. The molecule has 0 radical (unpaired) electrons. The summed E-state index contributed by atoms with van der Waals surface area (Å²) in [4.78, 5) is 29.9. The molecule has 0 saturated heterocycles. The Morgan fingerprint density at radius 2 is 2.13 bits per heavy atom. The molecule has 1 aliphatic carbocycles. The summed E-state index contributed by atoms with van der Waals surface area (Å²) in [6, 6.07) is 6.05. The van der Waals surface area contributed by atoms with Gasteiger partial charge in [0.1, 0.15) is 10.8 Å². The molecule has 120 valence electrons. The molecule has 0 unspecified atom stereocenters. The van der Waals surface area contributed by atoms with Crippen LogP contribution in [0.3, 0.4) is 0 Å². The molecule has 7 heteroatoms. The topological polar surface area (TPSA) is 59.5 Å². The molecule has 1 aromatic heterocycles. The number of aromatic nitrogens is 1. The smallest absolute Gasteiger partial charge is 0.357 e. The zero-order valence-corrected chi connectivity index (χ0v) is 13.3. The van der Waals surface area contributed by atoms with Crippen LogP contribution in [0.5, 0.6) is 0 Å². The number of hydrogen-bond acceptors (Lipinski definition) is 5. The lowest BCUT2D eigenvalue weighted by molar-refractivity contribution is 0.0594. The maximum atomic E-state index is 13.9. The van der Waals surface area contributed by atoms with Gasteiger partial charge in [0.2, 0.25) is 0 Å². The first-order valence-electron chi connectivity index (χ1n) is 7.18. The van der Waals surface area contributed by atoms with Gasteiger partial charge in [0.15, 0.2) is 5.69 Å². The van der Waals surface area contributed by atoms with Gasteiger partial charge in [-0.15, -0.1) is 11.3 Å². The van der Waals surface area contributed by atoms with Gasteiger partial charge in [0, 0.05) is 11.4 Å². The minimum atomic E-state index is -0.530. The van der Waals surface area contributed by atoms with Gasteiger partial charge >= 0.3 is 5.97 Å². The van der Waals surface area contributed by atoms with Crippen molar-refractivity contribution in [3.05, 3.63) is 51.7 Å². The second-order valence-corrected chi connectivity index (χ2v) is 6.20. The quantitative estimate of drug-likeness (QED) is 0.789. The van der Waals surface area contributed by atoms with Gasteiger partial charge in [-0.2, -0.15) is 0 Å². The molecule has 1 saturated carbocycles. The molecule has 0 atom stereocenters. The van der Waals surface area contributed by atoms with Crippen molar-refractivity contribution in [3.8, 4) is 0 Å². The maximum Gasteiger partial charge on any atom is 0.357 e. The first-order valence-corrected chi connectivity index (χ1v) is 8.06. The first kappa shape index (κ1) is 15.6. The molecule has 1 fully saturated rings. The fourth-order valence-electron chi connectivity index (χ4n) is 2.27. The summed E-state index contributed by atoms with van der Waals surface area (Å²) in [5.41, 5.74) is 0.283. The zero-order valence-electron chi connectivity index (χ0n) is 12.5. The number of thiazole rings is 1. The Bertz CT molecular complexity index is 742. The van der Waals surface area contributed by atoms with E-state index in [4.69, 9.17) is 0 Å². The molecule has 23 heavy (non-hydrogen) atoms. The average molecular weight is 334 g/mol. The molecule has 0 bridgehead atoms. The highest BCUT2D eigenvalue weighted by Gasteiger charge is 2.34. The number of carbonyl (C=O) groups excluding carboxylic acids is 2. The van der Waals surface area contributed by atoms with Gasteiger partial charge in [-0.25, -0.2) is 14.2 Å². The van der Waals surface area contributed by atoms with Crippen molar-refractivity contribution in [3.63, 3.8) is 0 Å². The van der Waals surface area contributed by atoms with Crippen LogP contribution < -0.4 is 0 Å². The van der Waals surface area contributed by atoms with Crippen LogP contribution in [0, 0.1) is 5.82 Å². The Kier molecular flexibility index (Phi) is 4.38. The Labute approximate surface area is 136 Å². The van der Waals surface area contributed by atoms with Crippen molar-refractivity contribution in [2.24, 2.45) is 0 Å². The predicted molar refractivity (Wildman–Crippen MR) is 82.7 cm³/mol. The fourth-order valence-corrected chi connectivity index (χ4v) is 3.03. The lowest BCUT2D eigenvalue weighted by Crippen LogP contribution is -2.33. The molecule has 1 heterocycles. The van der Waals surface area contributed by atoms with E-state index >= 15 is 0 Å². The van der Waals surface area contributed by atoms with Crippen LogP contribution in [0.4, 0.5) is 4.39 Å². The highest BCUT2D eigenvalue weighted by atomic mass is 32.1. The average Bonchev–Trinajstić information content (AvgIpc) is 3.30. The van der Waals surface area contributed by atoms with E-state index in [9.17, 15) is 14.0 Å². The molecule has 2 aromatic rings. The van der Waals surface area contributed by atoms with Crippen LogP contribution in [0.25, 0.3) is 0 Å². The van der Waals surface area contributed by atoms with Crippen LogP contribution in [0.2, 0.25) is 0 Å². The number of nitrogens with zero attached hydrogens (tertiary/aromatic N) is 2. The minimum Gasteiger partial charge on any atom is -0.464 e. The van der Waals surface area contributed by atoms with E-state index in [0.717, 1.165) is 12.8 Å². The molecule has 0 spiro atoms. The highest BCUT2D eigenvalue weighted by molar-refractivity contribution is 7.09. The summed E-state index contributed by atoms with van der Waals surface area (Å²) in [6.07, 6.45) is 1.80. The number of hydrogen-bond donors (Lipinski definition) is 0. The van der Waals surface area contributed by atoms with Crippen LogP contribution in [-0.2, 0) is 11.3 Å². The largest absolute Gasteiger partial charge is 0.464 e. The molecule has 1 amide bonds. The predicted octanol–water partition coefficient (Wildman–Crippen LogP) is 2.87. The number of halogens is 1. The van der Waals surface area contributed by atoms with Crippen molar-refractivity contribution >= 4 is 23.2 Å². The molecule has 3 rings (SSSR count). The zero-order chi connectivity index (χ0) is 16.4. The lowest BCUT2D eigenvalue weighted by Gasteiger charge is -2.21. The van der Waals surface area contributed by atoms with Crippen molar-refractivity contribution in [2.75, 3.05) is 7.11 Å². The number of esters is 1. The van der Waals surface area contributed by atoms with Gasteiger partial charge in [-0.05, 0) is 25.0 Å². The van der Waals surface area contributed by atoms with Gasteiger partial charge < -0.3 is 9.64 Å². The third-order valence-electron chi connectivity index (χ3n) is 3.60. The first-order chi connectivity index (χ1) is 11.1. The van der Waals surface area contributed by atoms with Crippen LogP contribution in [0.1, 0.15) is 38.7 Å². The van der Waals surface area contributed by atoms with E-state index in [1.54, 1.807) is 22.4 Å². The van der Waals surface area contributed by atoms with E-state index in [-0.39, 0.29) is 29.8 Å². The lowest BCUT2D eigenvalue weighted by atomic mass is 10.2. The molecular weight excluding hydrogens is 319 g/mol. The molecule has 0 N–H and O–H groups in total. The third-order valence-corrected chi connectivity index (χ3v) is 4.44. The summed E-state index contributed by atoms with van der Waals surface area (Å²) >= 11 is 1.28. The Morgan fingerprint density at radius 3 is 2.78 bits per heavy atom. The summed E-state index contributed by atoms with van der Waals surface area (Å²) in [7, 11) is 1.29. The number of methoxy groups -OCH3 is 1. The van der Waals surface area contributed by atoms with Crippen molar-refractivity contribution < 1.29 is 18.7 Å². The number of ether oxygens (including phenoxy) is 1. The van der Waals surface area contributed by atoms with Gasteiger partial charge in [0.05, 0.1) is 19.2 Å². The summed E-state index contributed by atoms with van der Waals surface area (Å²) in [6.45, 7) is 0.263. The highest BCUT2D eigenvalue weighted by Crippen LogP contribution is 2.30. The summed E-state index contributed by atoms with van der Waals surface area (Å²) in [5.74, 6) is -1.39. The molecule has 1 aromatic carbocycles. The maximum absolute atomic E-state index is 13.9. The van der Waals surface area contributed by atoms with E-state index in [2.05, 4.69) is 9.72 Å². The van der Waals surface area contributed by atoms with Crippen LogP contribution in [0.15, 0.2) is 29.6 Å². The normalized spacial score (nSPS) is 13.7. The second-order valence-electron chi connectivity index (χ2n) is 5.26. The monoisotopic (exact) mass is 334 g/mol. The van der Waals surface area contributed by atoms with E-state index in [1.165, 1.54) is 30.6 Å². The van der Waals surface area contributed by atoms with E-state index in [1.807, 2.05) is 0 Å². The number of benzene rings is 1. The Balaban J connectivity index is 1.80. The van der Waals surface area contributed by atoms with Crippen molar-refractivity contribution in [1.29, 1.82) is 0 Å². The Morgan fingerprint density at radius 1 is 1.39 bits per heavy atom. The minimum absolute atomic E-state index is 0.0594. The van der Waals surface area contributed by atoms with Crippen LogP contribution >= 0.6 is 11.3 Å². The fraction of sp³-hybridized carbons (Fsp3) is 0.312. The van der Waals surface area contributed by atoms with Gasteiger partial charge in [-0.1, -0.05) is 12.1 Å². The van der Waals surface area contributed by atoms with Gasteiger partial charge in [0.25, 0.3) is 5.91 Å². The van der Waals surface area contributed by atoms with Crippen molar-refractivity contribution in [1.82, 2.24) is 9.88 Å². The molecule has 1 aliphatic rings. The van der Waals surface area contributed by atoms with E-state index < -0.39 is 11.8 Å². The molecule has 0 aliphatic heterocycles. The summed E-state index contributed by atoms with van der Waals surface area (Å²) in [5, 5.41) is 2.22. The van der Waals surface area contributed by atoms with E-state index in [0.29, 0.717) is 5.01 Å². The molecule has 5 nitrogen and oxygen atoms in total. The molecular formula is C16H15FN2O3S. The Hall–Kier alpha value is -2.28. The second kappa shape index (κ2) is 6.45. The number of rotatable bonds is 5. The standard InChI is InChI=1S/C16H15FN2O3S/c1-22-16(21)13-9-23-14(18-13)8-19(10-6-7-10)15(20)11-4-2-3-5-12(11)17/h2-5,9-10H,6-8H2,1H3. The van der Waals surface area contributed by atoms with Crippen LogP contribution in [-0.4, -0.2) is 34.9 Å². The van der Waals surface area contributed by atoms with Crippen molar-refractivity contribution in [2.45, 2.75) is 25.4 Å². The SMILES string of the molecule is COC(=O)c1csc(CN(C(=O)c2ccccc2F)C2CC2)n1. The third kappa shape index (κ3) is 3.39. The number of amides is 1. The van der Waals surface area contributed by atoms with Gasteiger partial charge in [-0.3, -0.25) is 4.79 Å².